The average molecular weight is 439 g/mol. The molecule has 0 saturated carbocycles. The molecule has 2 unspecified atom stereocenters. The van der Waals surface area contributed by atoms with Gasteiger partial charge in [-0.3, -0.25) is 9.59 Å². The fraction of sp³-hybridized carbons (Fsp3) is 0.462. The van der Waals surface area contributed by atoms with Crippen LogP contribution in [-0.2, 0) is 41.4 Å². The Morgan fingerprint density at radius 3 is 1.41 bits per heavy atom. The molecule has 2 saturated heterocycles. The predicted molar refractivity (Wildman–Crippen MR) is 119 cm³/mol. The third kappa shape index (κ3) is 7.77. The van der Waals surface area contributed by atoms with E-state index in [4.69, 9.17) is 18.9 Å². The monoisotopic (exact) mass is 438 g/mol. The van der Waals surface area contributed by atoms with Crippen molar-refractivity contribution in [3.63, 3.8) is 0 Å². The van der Waals surface area contributed by atoms with E-state index >= 15 is 0 Å². The molecule has 2 atom stereocenters. The van der Waals surface area contributed by atoms with E-state index in [2.05, 4.69) is 48.5 Å². The van der Waals surface area contributed by atoms with Crippen LogP contribution in [0.15, 0.2) is 48.5 Å². The number of rotatable bonds is 13. The maximum Gasteiger partial charge on any atom is 0.308 e. The van der Waals surface area contributed by atoms with Crippen LogP contribution in [0.2, 0.25) is 0 Å². The summed E-state index contributed by atoms with van der Waals surface area (Å²) < 4.78 is 20.5. The molecule has 4 rings (SSSR count). The molecule has 0 aromatic heterocycles. The lowest BCUT2D eigenvalue weighted by atomic mass is 10.00. The van der Waals surface area contributed by atoms with Crippen molar-refractivity contribution in [3.05, 3.63) is 59.7 Å². The summed E-state index contributed by atoms with van der Waals surface area (Å²) in [4.78, 5) is 23.1. The molecule has 0 spiro atoms. The summed E-state index contributed by atoms with van der Waals surface area (Å²) in [5, 5.41) is 0. The Hall–Kier alpha value is -2.70. The summed E-state index contributed by atoms with van der Waals surface area (Å²) in [5.41, 5.74) is 4.81. The summed E-state index contributed by atoms with van der Waals surface area (Å²) >= 11 is 0. The Balaban J connectivity index is 1.14. The molecule has 2 aromatic rings. The minimum atomic E-state index is -0.170. The summed E-state index contributed by atoms with van der Waals surface area (Å²) in [6.07, 6.45) is 4.30. The van der Waals surface area contributed by atoms with Gasteiger partial charge in [0.2, 0.25) is 0 Å². The summed E-state index contributed by atoms with van der Waals surface area (Å²) in [6.45, 7) is 2.25. The maximum atomic E-state index is 11.5. The minimum absolute atomic E-state index is 0.0846. The molecule has 0 radical (unpaired) electrons. The minimum Gasteiger partial charge on any atom is -0.466 e. The van der Waals surface area contributed by atoms with E-state index in [-0.39, 0.29) is 24.1 Å². The lowest BCUT2D eigenvalue weighted by molar-refractivity contribution is -0.145. The molecular weight excluding hydrogens is 408 g/mol. The molecule has 0 bridgehead atoms. The van der Waals surface area contributed by atoms with Gasteiger partial charge in [-0.05, 0) is 47.9 Å². The Kier molecular flexibility index (Phi) is 7.91. The van der Waals surface area contributed by atoms with Crippen molar-refractivity contribution in [2.24, 2.45) is 0 Å². The number of ether oxygens (including phenoxy) is 4. The number of hydrogen-bond acceptors (Lipinski definition) is 6. The lowest BCUT2D eigenvalue weighted by Gasteiger charge is -2.07. The highest BCUT2D eigenvalue weighted by molar-refractivity contribution is 5.70. The van der Waals surface area contributed by atoms with Crippen molar-refractivity contribution in [2.45, 2.75) is 50.7 Å². The zero-order chi connectivity index (χ0) is 22.2. The topological polar surface area (TPSA) is 77.7 Å². The second-order valence-corrected chi connectivity index (χ2v) is 8.36. The van der Waals surface area contributed by atoms with Crippen molar-refractivity contribution in [1.29, 1.82) is 0 Å². The van der Waals surface area contributed by atoms with Gasteiger partial charge in [0.05, 0.1) is 51.5 Å². The van der Waals surface area contributed by atoms with Crippen LogP contribution in [0, 0.1) is 0 Å². The smallest absolute Gasteiger partial charge is 0.308 e. The first-order valence-electron chi connectivity index (χ1n) is 11.4. The molecule has 2 aliphatic rings. The van der Waals surface area contributed by atoms with Crippen LogP contribution >= 0.6 is 0 Å². The van der Waals surface area contributed by atoms with Gasteiger partial charge in [0, 0.05) is 0 Å². The molecule has 0 aliphatic carbocycles. The van der Waals surface area contributed by atoms with Gasteiger partial charge in [0.15, 0.2) is 0 Å². The van der Waals surface area contributed by atoms with Crippen molar-refractivity contribution in [3.8, 4) is 11.1 Å². The number of carbonyl (C=O) groups is 2. The normalized spacial score (nSPS) is 18.8. The van der Waals surface area contributed by atoms with Gasteiger partial charge in [-0.15, -0.1) is 0 Å². The van der Waals surface area contributed by atoms with Crippen LogP contribution < -0.4 is 0 Å². The molecule has 32 heavy (non-hydrogen) atoms. The second kappa shape index (κ2) is 11.2. The van der Waals surface area contributed by atoms with Crippen molar-refractivity contribution >= 4 is 11.9 Å². The number of benzene rings is 2. The molecule has 0 amide bonds. The van der Waals surface area contributed by atoms with Crippen LogP contribution in [0.25, 0.3) is 11.1 Å². The first-order chi connectivity index (χ1) is 15.7. The van der Waals surface area contributed by atoms with E-state index < -0.39 is 0 Å². The molecule has 170 valence electrons. The third-order valence-electron chi connectivity index (χ3n) is 5.58. The highest BCUT2D eigenvalue weighted by Crippen LogP contribution is 2.21. The molecule has 2 aliphatic heterocycles. The summed E-state index contributed by atoms with van der Waals surface area (Å²) in [6, 6.07) is 17.0. The molecule has 2 heterocycles. The largest absolute Gasteiger partial charge is 0.466 e. The standard InChI is InChI=1S/C26H30O6/c27-25(15-23-17-31-23)29-13-1-3-19-5-9-21(10-6-19)22-11-7-20(8-12-22)4-2-14-30-26(28)16-24-18-32-24/h5-12,23-24H,1-4,13-18H2. The Bertz CT molecular complexity index is 806. The second-order valence-electron chi connectivity index (χ2n) is 8.36. The van der Waals surface area contributed by atoms with Gasteiger partial charge in [0.25, 0.3) is 0 Å². The van der Waals surface area contributed by atoms with Crippen LogP contribution in [0.1, 0.15) is 36.8 Å². The van der Waals surface area contributed by atoms with Gasteiger partial charge in [0.1, 0.15) is 0 Å². The highest BCUT2D eigenvalue weighted by atomic mass is 16.6. The van der Waals surface area contributed by atoms with E-state index in [1.54, 1.807) is 0 Å². The molecule has 2 aromatic carbocycles. The fourth-order valence-corrected chi connectivity index (χ4v) is 3.51. The summed E-state index contributed by atoms with van der Waals surface area (Å²) in [5.74, 6) is -0.341. The zero-order valence-corrected chi connectivity index (χ0v) is 18.3. The van der Waals surface area contributed by atoms with Crippen LogP contribution in [0.4, 0.5) is 0 Å². The number of carbonyl (C=O) groups excluding carboxylic acids is 2. The Morgan fingerprint density at radius 1 is 0.688 bits per heavy atom. The highest BCUT2D eigenvalue weighted by Gasteiger charge is 2.26. The first kappa shape index (κ1) is 22.5. The maximum absolute atomic E-state index is 11.5. The van der Waals surface area contributed by atoms with Crippen molar-refractivity contribution in [1.82, 2.24) is 0 Å². The van der Waals surface area contributed by atoms with Gasteiger partial charge in [-0.2, -0.15) is 0 Å². The lowest BCUT2D eigenvalue weighted by Crippen LogP contribution is -2.09. The molecule has 0 N–H and O–H groups in total. The number of esters is 2. The Morgan fingerprint density at radius 2 is 1.06 bits per heavy atom. The number of epoxide rings is 2. The third-order valence-corrected chi connectivity index (χ3v) is 5.58. The molecule has 6 nitrogen and oxygen atoms in total. The number of aryl methyl sites for hydroxylation is 2. The van der Waals surface area contributed by atoms with Crippen LogP contribution in [0.5, 0.6) is 0 Å². The fourth-order valence-electron chi connectivity index (χ4n) is 3.51. The predicted octanol–water partition coefficient (Wildman–Crippen LogP) is 3.88. The van der Waals surface area contributed by atoms with E-state index in [0.717, 1.165) is 25.7 Å². The van der Waals surface area contributed by atoms with E-state index in [0.29, 0.717) is 39.3 Å². The quantitative estimate of drug-likeness (QED) is 0.268. The van der Waals surface area contributed by atoms with Gasteiger partial charge in [-0.25, -0.2) is 0 Å². The first-order valence-corrected chi connectivity index (χ1v) is 11.4. The van der Waals surface area contributed by atoms with E-state index in [9.17, 15) is 9.59 Å². The van der Waals surface area contributed by atoms with E-state index in [1.807, 2.05) is 0 Å². The SMILES string of the molecule is O=C(CC1CO1)OCCCc1ccc(-c2ccc(CCCOC(=O)CC3CO3)cc2)cc1. The van der Waals surface area contributed by atoms with Gasteiger partial charge >= 0.3 is 11.9 Å². The molecule has 6 heteroatoms. The number of hydrogen-bond donors (Lipinski definition) is 0. The summed E-state index contributed by atoms with van der Waals surface area (Å²) in [7, 11) is 0. The van der Waals surface area contributed by atoms with Crippen LogP contribution in [0.3, 0.4) is 0 Å². The Labute approximate surface area is 188 Å². The molecular formula is C26H30O6. The van der Waals surface area contributed by atoms with Gasteiger partial charge in [-0.1, -0.05) is 48.5 Å². The van der Waals surface area contributed by atoms with Crippen molar-refractivity contribution in [2.75, 3.05) is 26.4 Å². The molecule has 2 fully saturated rings. The van der Waals surface area contributed by atoms with Crippen molar-refractivity contribution < 1.29 is 28.5 Å². The van der Waals surface area contributed by atoms with Gasteiger partial charge < -0.3 is 18.9 Å². The van der Waals surface area contributed by atoms with Crippen LogP contribution in [-0.4, -0.2) is 50.6 Å². The van der Waals surface area contributed by atoms with E-state index in [1.165, 1.54) is 22.3 Å². The average Bonchev–Trinajstić information content (AvgIpc) is 3.73. The zero-order valence-electron chi connectivity index (χ0n) is 18.3.